The van der Waals surface area contributed by atoms with Gasteiger partial charge in [-0.05, 0) is 51.5 Å². The number of pyridine rings is 1. The zero-order valence-electron chi connectivity index (χ0n) is 19.7. The predicted molar refractivity (Wildman–Crippen MR) is 136 cm³/mol. The molecule has 0 saturated carbocycles. The molecule has 0 radical (unpaired) electrons. The predicted octanol–water partition coefficient (Wildman–Crippen LogP) is 4.02. The monoisotopic (exact) mass is 491 g/mol. The lowest BCUT2D eigenvalue weighted by molar-refractivity contribution is -0.0330. The van der Waals surface area contributed by atoms with Crippen molar-refractivity contribution in [2.45, 2.75) is 45.0 Å². The van der Waals surface area contributed by atoms with E-state index in [1.807, 2.05) is 33.7 Å². The largest absolute Gasteiger partial charge is 0.387 e. The molecule has 0 aliphatic carbocycles. The molecular weight excluding hydrogens is 465 g/mol. The van der Waals surface area contributed by atoms with E-state index in [9.17, 15) is 9.50 Å². The highest BCUT2D eigenvalue weighted by atomic mass is 32.1. The number of aromatic nitrogens is 5. The SMILES string of the molecule is C#Cc1cnn2c(-c3cc(NC(C)C)c(-c4nnc(N5CC[C@](C)(O)[C@H](F)C5)s4)cn3)ccc2c1. The Morgan fingerprint density at radius 3 is 2.86 bits per heavy atom. The van der Waals surface area contributed by atoms with Gasteiger partial charge in [-0.2, -0.15) is 5.10 Å². The first-order valence-electron chi connectivity index (χ1n) is 11.4. The van der Waals surface area contributed by atoms with Crippen LogP contribution in [0.3, 0.4) is 0 Å². The van der Waals surface area contributed by atoms with E-state index in [0.717, 1.165) is 33.7 Å². The molecule has 4 aromatic heterocycles. The normalized spacial score (nSPS) is 20.4. The van der Waals surface area contributed by atoms with Crippen LogP contribution in [0.25, 0.3) is 27.5 Å². The Hall–Kier alpha value is -3.55. The summed E-state index contributed by atoms with van der Waals surface area (Å²) in [4.78, 5) is 6.54. The second kappa shape index (κ2) is 8.91. The Morgan fingerprint density at radius 2 is 2.11 bits per heavy atom. The van der Waals surface area contributed by atoms with E-state index >= 15 is 0 Å². The summed E-state index contributed by atoms with van der Waals surface area (Å²) in [5.74, 6) is 2.61. The second-order valence-corrected chi connectivity index (χ2v) is 10.2. The zero-order chi connectivity index (χ0) is 24.7. The van der Waals surface area contributed by atoms with Gasteiger partial charge in [0.25, 0.3) is 0 Å². The summed E-state index contributed by atoms with van der Waals surface area (Å²) < 4.78 is 16.2. The molecule has 1 aliphatic rings. The molecule has 35 heavy (non-hydrogen) atoms. The van der Waals surface area contributed by atoms with Crippen molar-refractivity contribution in [2.24, 2.45) is 0 Å². The highest BCUT2D eigenvalue weighted by Gasteiger charge is 2.38. The molecule has 2 atom stereocenters. The van der Waals surface area contributed by atoms with Crippen molar-refractivity contribution in [2.75, 3.05) is 23.3 Å². The number of piperidine rings is 1. The first-order chi connectivity index (χ1) is 16.7. The van der Waals surface area contributed by atoms with Crippen molar-refractivity contribution in [3.8, 4) is 34.3 Å². The van der Waals surface area contributed by atoms with Gasteiger partial charge in [0.1, 0.15) is 6.17 Å². The Kier molecular flexibility index (Phi) is 5.91. The summed E-state index contributed by atoms with van der Waals surface area (Å²) in [5.41, 5.74) is 3.58. The van der Waals surface area contributed by atoms with Gasteiger partial charge in [0.15, 0.2) is 5.01 Å². The van der Waals surface area contributed by atoms with Crippen molar-refractivity contribution in [1.82, 2.24) is 24.8 Å². The van der Waals surface area contributed by atoms with Gasteiger partial charge in [0, 0.05) is 30.0 Å². The summed E-state index contributed by atoms with van der Waals surface area (Å²) >= 11 is 1.38. The number of halogens is 1. The van der Waals surface area contributed by atoms with Crippen LogP contribution >= 0.6 is 11.3 Å². The molecule has 0 bridgehead atoms. The Balaban J connectivity index is 1.49. The van der Waals surface area contributed by atoms with Crippen LogP contribution in [0.5, 0.6) is 0 Å². The highest BCUT2D eigenvalue weighted by molar-refractivity contribution is 7.18. The third kappa shape index (κ3) is 4.45. The maximum absolute atomic E-state index is 14.4. The highest BCUT2D eigenvalue weighted by Crippen LogP contribution is 2.37. The van der Waals surface area contributed by atoms with Gasteiger partial charge in [-0.15, -0.1) is 16.6 Å². The Morgan fingerprint density at radius 1 is 1.29 bits per heavy atom. The fourth-order valence-corrected chi connectivity index (χ4v) is 5.00. The van der Waals surface area contributed by atoms with Crippen molar-refractivity contribution in [1.29, 1.82) is 0 Å². The molecule has 180 valence electrons. The number of alkyl halides is 1. The number of terminal acetylenes is 1. The minimum atomic E-state index is -1.34. The smallest absolute Gasteiger partial charge is 0.208 e. The lowest BCUT2D eigenvalue weighted by atomic mass is 9.92. The quantitative estimate of drug-likeness (QED) is 0.408. The second-order valence-electron chi connectivity index (χ2n) is 9.27. The van der Waals surface area contributed by atoms with Crippen LogP contribution in [-0.4, -0.2) is 60.8 Å². The van der Waals surface area contributed by atoms with Crippen LogP contribution in [-0.2, 0) is 0 Å². The van der Waals surface area contributed by atoms with Crippen molar-refractivity contribution < 1.29 is 9.50 Å². The average molecular weight is 492 g/mol. The van der Waals surface area contributed by atoms with Crippen LogP contribution in [0.4, 0.5) is 15.2 Å². The molecule has 10 heteroatoms. The molecule has 0 spiro atoms. The lowest BCUT2D eigenvalue weighted by Gasteiger charge is -2.38. The van der Waals surface area contributed by atoms with Gasteiger partial charge >= 0.3 is 0 Å². The zero-order valence-corrected chi connectivity index (χ0v) is 20.6. The first-order valence-corrected chi connectivity index (χ1v) is 12.2. The van der Waals surface area contributed by atoms with Crippen LogP contribution in [0.15, 0.2) is 36.7 Å². The summed E-state index contributed by atoms with van der Waals surface area (Å²) in [6.45, 7) is 6.27. The number of nitrogens with one attached hydrogen (secondary N) is 1. The molecule has 0 aromatic carbocycles. The van der Waals surface area contributed by atoms with E-state index in [-0.39, 0.29) is 12.6 Å². The van der Waals surface area contributed by atoms with E-state index < -0.39 is 11.8 Å². The van der Waals surface area contributed by atoms with Crippen LogP contribution < -0.4 is 10.2 Å². The number of rotatable bonds is 5. The summed E-state index contributed by atoms with van der Waals surface area (Å²) in [6, 6.07) is 7.98. The van der Waals surface area contributed by atoms with Crippen molar-refractivity contribution in [3.05, 3.63) is 42.2 Å². The van der Waals surface area contributed by atoms with Gasteiger partial charge in [0.05, 0.1) is 40.8 Å². The number of nitrogens with zero attached hydrogens (tertiary/aromatic N) is 6. The molecule has 8 nitrogen and oxygen atoms in total. The molecule has 4 aromatic rings. The minimum Gasteiger partial charge on any atom is -0.387 e. The molecule has 1 aliphatic heterocycles. The van der Waals surface area contributed by atoms with Gasteiger partial charge in [0.2, 0.25) is 5.13 Å². The topological polar surface area (TPSA) is 91.5 Å². The lowest BCUT2D eigenvalue weighted by Crippen LogP contribution is -2.51. The number of fused-ring (bicyclic) bond motifs is 1. The van der Waals surface area contributed by atoms with Crippen molar-refractivity contribution >= 4 is 27.7 Å². The minimum absolute atomic E-state index is 0.0889. The van der Waals surface area contributed by atoms with Gasteiger partial charge in [-0.1, -0.05) is 17.3 Å². The summed E-state index contributed by atoms with van der Waals surface area (Å²) in [5, 5.41) is 28.1. The molecule has 1 fully saturated rings. The third-order valence-corrected chi connectivity index (χ3v) is 7.15. The Labute approximate surface area is 206 Å². The van der Waals surface area contributed by atoms with Crippen LogP contribution in [0.1, 0.15) is 32.8 Å². The molecule has 5 rings (SSSR count). The fraction of sp³-hybridized carbons (Fsp3) is 0.360. The van der Waals surface area contributed by atoms with Gasteiger partial charge in [-0.3, -0.25) is 4.98 Å². The molecule has 0 amide bonds. The number of hydrogen-bond donors (Lipinski definition) is 2. The number of aliphatic hydroxyl groups is 1. The molecule has 5 heterocycles. The standard InChI is InChI=1S/C25H26FN7OS/c1-5-16-10-17-6-7-21(33(17)28-12-16)20-11-19(29-15(2)3)18(13-27-20)23-30-31-24(35-23)32-9-8-25(4,34)22(26)14-32/h1,6-7,10-13,15,22,34H,8-9,14H2,2-4H3,(H,27,29)/t22-,25+/m1/s1. The average Bonchev–Trinajstić information content (AvgIpc) is 3.47. The van der Waals surface area contributed by atoms with Crippen molar-refractivity contribution in [3.63, 3.8) is 0 Å². The summed E-state index contributed by atoms with van der Waals surface area (Å²) in [6.07, 6.45) is 7.93. The number of hydrogen-bond acceptors (Lipinski definition) is 8. The van der Waals surface area contributed by atoms with Crippen LogP contribution in [0, 0.1) is 12.3 Å². The first kappa shape index (κ1) is 23.2. The molecule has 1 saturated heterocycles. The molecule has 0 unspecified atom stereocenters. The van der Waals surface area contributed by atoms with E-state index in [1.165, 1.54) is 18.3 Å². The van der Waals surface area contributed by atoms with E-state index in [1.54, 1.807) is 12.4 Å². The summed E-state index contributed by atoms with van der Waals surface area (Å²) in [7, 11) is 0. The molecule has 2 N–H and O–H groups in total. The van der Waals surface area contributed by atoms with E-state index in [4.69, 9.17) is 11.4 Å². The number of anilines is 2. The molecular formula is C25H26FN7OS. The van der Waals surface area contributed by atoms with E-state index in [2.05, 4.69) is 40.4 Å². The maximum Gasteiger partial charge on any atom is 0.208 e. The van der Waals surface area contributed by atoms with E-state index in [0.29, 0.717) is 23.1 Å². The third-order valence-electron chi connectivity index (χ3n) is 6.14. The Bertz CT molecular complexity index is 1420. The van der Waals surface area contributed by atoms with Crippen LogP contribution in [0.2, 0.25) is 0 Å². The fourth-order valence-electron chi connectivity index (χ4n) is 4.09. The maximum atomic E-state index is 14.4. The van der Waals surface area contributed by atoms with Gasteiger partial charge in [-0.25, -0.2) is 8.91 Å². The van der Waals surface area contributed by atoms with Gasteiger partial charge < -0.3 is 15.3 Å².